The first-order chi connectivity index (χ1) is 9.70. The van der Waals surface area contributed by atoms with Gasteiger partial charge in [-0.15, -0.1) is 0 Å². The average molecular weight is 270 g/mol. The van der Waals surface area contributed by atoms with E-state index in [0.717, 1.165) is 0 Å². The van der Waals surface area contributed by atoms with Crippen molar-refractivity contribution in [2.75, 3.05) is 6.61 Å². The standard InChI is InChI=1S/C16H14O4/c17-10-12-6-8-14(9-7-12)16(19)20-11-15(18)13-4-2-1-3-5-13/h1-9,17H,10-11H2. The van der Waals surface area contributed by atoms with Crippen molar-refractivity contribution in [3.8, 4) is 0 Å². The van der Waals surface area contributed by atoms with Crippen LogP contribution in [0.5, 0.6) is 0 Å². The number of carbonyl (C=O) groups is 2. The Morgan fingerprint density at radius 3 is 2.15 bits per heavy atom. The maximum atomic E-state index is 11.8. The Bertz CT molecular complexity index is 588. The zero-order chi connectivity index (χ0) is 14.4. The number of hydrogen-bond acceptors (Lipinski definition) is 4. The highest BCUT2D eigenvalue weighted by molar-refractivity contribution is 5.99. The second-order valence-corrected chi connectivity index (χ2v) is 4.22. The summed E-state index contributed by atoms with van der Waals surface area (Å²) in [5.41, 5.74) is 1.57. The van der Waals surface area contributed by atoms with Crippen LogP contribution in [-0.2, 0) is 11.3 Å². The first-order valence-electron chi connectivity index (χ1n) is 6.16. The lowest BCUT2D eigenvalue weighted by molar-refractivity contribution is 0.0474. The summed E-state index contributed by atoms with van der Waals surface area (Å²) in [5, 5.41) is 8.91. The predicted octanol–water partition coefficient (Wildman–Crippen LogP) is 2.22. The summed E-state index contributed by atoms with van der Waals surface area (Å²) >= 11 is 0. The number of aliphatic hydroxyl groups excluding tert-OH is 1. The number of carbonyl (C=O) groups excluding carboxylic acids is 2. The highest BCUT2D eigenvalue weighted by atomic mass is 16.5. The van der Waals surface area contributed by atoms with Gasteiger partial charge in [-0.05, 0) is 17.7 Å². The van der Waals surface area contributed by atoms with Crippen LogP contribution in [0.2, 0.25) is 0 Å². The molecule has 0 aliphatic rings. The molecule has 2 aromatic carbocycles. The molecule has 0 aliphatic carbocycles. The Morgan fingerprint density at radius 1 is 0.900 bits per heavy atom. The number of esters is 1. The van der Waals surface area contributed by atoms with Crippen LogP contribution < -0.4 is 0 Å². The molecule has 0 fully saturated rings. The number of hydrogen-bond donors (Lipinski definition) is 1. The molecule has 0 saturated heterocycles. The Kier molecular flexibility index (Phi) is 4.63. The molecular weight excluding hydrogens is 256 g/mol. The Hall–Kier alpha value is -2.46. The number of rotatable bonds is 5. The topological polar surface area (TPSA) is 63.6 Å². The van der Waals surface area contributed by atoms with E-state index in [2.05, 4.69) is 0 Å². The number of aliphatic hydroxyl groups is 1. The van der Waals surface area contributed by atoms with Crippen LogP contribution in [0, 0.1) is 0 Å². The number of ketones is 1. The van der Waals surface area contributed by atoms with Crippen molar-refractivity contribution in [3.05, 3.63) is 71.3 Å². The molecule has 0 unspecified atom stereocenters. The lowest BCUT2D eigenvalue weighted by atomic mass is 10.1. The van der Waals surface area contributed by atoms with Crippen molar-refractivity contribution >= 4 is 11.8 Å². The average Bonchev–Trinajstić information content (AvgIpc) is 2.53. The van der Waals surface area contributed by atoms with Crippen LogP contribution in [0.25, 0.3) is 0 Å². The van der Waals surface area contributed by atoms with Gasteiger partial charge in [0, 0.05) is 5.56 Å². The van der Waals surface area contributed by atoms with Gasteiger partial charge in [-0.2, -0.15) is 0 Å². The van der Waals surface area contributed by atoms with Crippen molar-refractivity contribution in [2.24, 2.45) is 0 Å². The van der Waals surface area contributed by atoms with Crippen LogP contribution >= 0.6 is 0 Å². The first kappa shape index (κ1) is 14.0. The van der Waals surface area contributed by atoms with Gasteiger partial charge in [-0.25, -0.2) is 4.79 Å². The molecule has 0 radical (unpaired) electrons. The summed E-state index contributed by atoms with van der Waals surface area (Å²) in [6, 6.07) is 15.0. The van der Waals surface area contributed by atoms with E-state index in [9.17, 15) is 9.59 Å². The maximum Gasteiger partial charge on any atom is 0.338 e. The third kappa shape index (κ3) is 3.52. The molecular formula is C16H14O4. The van der Waals surface area contributed by atoms with Gasteiger partial charge in [0.15, 0.2) is 12.4 Å². The molecule has 0 spiro atoms. The van der Waals surface area contributed by atoms with Crippen molar-refractivity contribution in [1.82, 2.24) is 0 Å². The molecule has 0 atom stereocenters. The summed E-state index contributed by atoms with van der Waals surface area (Å²) in [5.74, 6) is -0.801. The van der Waals surface area contributed by atoms with Gasteiger partial charge < -0.3 is 9.84 Å². The van der Waals surface area contributed by atoms with Gasteiger partial charge in [0.2, 0.25) is 0 Å². The molecule has 0 amide bonds. The van der Waals surface area contributed by atoms with Crippen molar-refractivity contribution in [3.63, 3.8) is 0 Å². The highest BCUT2D eigenvalue weighted by Gasteiger charge is 2.11. The van der Waals surface area contributed by atoms with Crippen LogP contribution in [0.1, 0.15) is 26.3 Å². The summed E-state index contributed by atoms with van der Waals surface area (Å²) in [6.45, 7) is -0.369. The molecule has 4 heteroatoms. The zero-order valence-corrected chi connectivity index (χ0v) is 10.8. The van der Waals surface area contributed by atoms with Gasteiger partial charge in [0.1, 0.15) is 0 Å². The molecule has 0 bridgehead atoms. The molecule has 2 rings (SSSR count). The minimum atomic E-state index is -0.557. The third-order valence-corrected chi connectivity index (χ3v) is 2.80. The molecule has 0 heterocycles. The Labute approximate surface area is 116 Å². The fourth-order valence-electron chi connectivity index (χ4n) is 1.67. The van der Waals surface area contributed by atoms with E-state index in [1.165, 1.54) is 0 Å². The maximum absolute atomic E-state index is 11.8. The normalized spacial score (nSPS) is 10.1. The summed E-state index contributed by atoms with van der Waals surface area (Å²) < 4.78 is 4.97. The SMILES string of the molecule is O=C(COC(=O)c1ccc(CO)cc1)c1ccccc1. The molecule has 4 nitrogen and oxygen atoms in total. The van der Waals surface area contributed by atoms with Gasteiger partial charge in [0.25, 0.3) is 0 Å². The third-order valence-electron chi connectivity index (χ3n) is 2.80. The largest absolute Gasteiger partial charge is 0.454 e. The van der Waals surface area contributed by atoms with Gasteiger partial charge in [-0.1, -0.05) is 42.5 Å². The summed E-state index contributed by atoms with van der Waals surface area (Å²) in [4.78, 5) is 23.5. The minimum Gasteiger partial charge on any atom is -0.454 e. The lowest BCUT2D eigenvalue weighted by Crippen LogP contribution is -2.14. The first-order valence-corrected chi connectivity index (χ1v) is 6.16. The van der Waals surface area contributed by atoms with Crippen molar-refractivity contribution < 1.29 is 19.4 Å². The van der Waals surface area contributed by atoms with E-state index < -0.39 is 5.97 Å². The summed E-state index contributed by atoms with van der Waals surface area (Å²) in [6.07, 6.45) is 0. The predicted molar refractivity (Wildman–Crippen MR) is 73.4 cm³/mol. The van der Waals surface area contributed by atoms with Crippen LogP contribution in [0.4, 0.5) is 0 Å². The van der Waals surface area contributed by atoms with Gasteiger partial charge in [-0.3, -0.25) is 4.79 Å². The Morgan fingerprint density at radius 2 is 1.55 bits per heavy atom. The van der Waals surface area contributed by atoms with E-state index in [-0.39, 0.29) is 19.0 Å². The Balaban J connectivity index is 1.93. The monoisotopic (exact) mass is 270 g/mol. The molecule has 0 aromatic heterocycles. The van der Waals surface area contributed by atoms with E-state index >= 15 is 0 Å². The smallest absolute Gasteiger partial charge is 0.338 e. The van der Waals surface area contributed by atoms with Gasteiger partial charge in [0.05, 0.1) is 12.2 Å². The number of benzene rings is 2. The van der Waals surface area contributed by atoms with E-state index in [4.69, 9.17) is 9.84 Å². The van der Waals surface area contributed by atoms with Crippen molar-refractivity contribution in [1.29, 1.82) is 0 Å². The van der Waals surface area contributed by atoms with Gasteiger partial charge >= 0.3 is 5.97 Å². The number of Topliss-reactive ketones (excluding diaryl/α,β-unsaturated/α-hetero) is 1. The second-order valence-electron chi connectivity index (χ2n) is 4.22. The summed E-state index contributed by atoms with van der Waals surface area (Å²) in [7, 11) is 0. The lowest BCUT2D eigenvalue weighted by Gasteiger charge is -2.05. The molecule has 0 saturated carbocycles. The van der Waals surface area contributed by atoms with Crippen molar-refractivity contribution in [2.45, 2.75) is 6.61 Å². The molecule has 20 heavy (non-hydrogen) atoms. The molecule has 102 valence electrons. The van der Waals surface area contributed by atoms with Crippen LogP contribution in [-0.4, -0.2) is 23.5 Å². The van der Waals surface area contributed by atoms with E-state index in [1.54, 1.807) is 48.5 Å². The molecule has 2 aromatic rings. The fraction of sp³-hybridized carbons (Fsp3) is 0.125. The fourth-order valence-corrected chi connectivity index (χ4v) is 1.67. The van der Waals surface area contributed by atoms with E-state index in [0.29, 0.717) is 16.7 Å². The second kappa shape index (κ2) is 6.63. The van der Waals surface area contributed by atoms with E-state index in [1.807, 2.05) is 6.07 Å². The minimum absolute atomic E-state index is 0.0815. The van der Waals surface area contributed by atoms with Crippen LogP contribution in [0.3, 0.4) is 0 Å². The molecule has 0 aliphatic heterocycles. The van der Waals surface area contributed by atoms with Crippen LogP contribution in [0.15, 0.2) is 54.6 Å². The highest BCUT2D eigenvalue weighted by Crippen LogP contribution is 2.07. The molecule has 1 N–H and O–H groups in total. The quantitative estimate of drug-likeness (QED) is 0.668. The number of ether oxygens (including phenoxy) is 1. The zero-order valence-electron chi connectivity index (χ0n) is 10.8.